The summed E-state index contributed by atoms with van der Waals surface area (Å²) >= 11 is 0. The number of nitrogens with one attached hydrogen (secondary N) is 3. The summed E-state index contributed by atoms with van der Waals surface area (Å²) in [5.41, 5.74) is 8.55. The minimum atomic E-state index is -3.37. The molecule has 2 aromatic rings. The maximum absolute atomic E-state index is 14.1. The summed E-state index contributed by atoms with van der Waals surface area (Å²) in [4.78, 5) is 74.8. The Morgan fingerprint density at radius 2 is 1.79 bits per heavy atom. The average Bonchev–Trinajstić information content (AvgIpc) is 3.92. The second kappa shape index (κ2) is 20.9. The Morgan fingerprint density at radius 1 is 1.07 bits per heavy atom. The number of fused-ring (bicyclic) bond motifs is 1. The van der Waals surface area contributed by atoms with Crippen LogP contribution in [-0.4, -0.2) is 114 Å². The fourth-order valence-electron chi connectivity index (χ4n) is 6.22. The van der Waals surface area contributed by atoms with Gasteiger partial charge in [0.25, 0.3) is 11.8 Å². The number of hydrogen-bond donors (Lipinski definition) is 6. The molecule has 0 saturated carbocycles. The maximum Gasteiger partial charge on any atom is 0.289 e. The van der Waals surface area contributed by atoms with Crippen LogP contribution in [0.4, 0.5) is 8.78 Å². The van der Waals surface area contributed by atoms with E-state index in [1.165, 1.54) is 37.4 Å². The molecule has 2 fully saturated rings. The van der Waals surface area contributed by atoms with Crippen LogP contribution in [0.15, 0.2) is 48.7 Å². The Balaban J connectivity index is 0.000000337. The van der Waals surface area contributed by atoms with Gasteiger partial charge in [-0.3, -0.25) is 28.8 Å². The number of nitrogens with zero attached hydrogens (tertiary/aromatic N) is 3. The quantitative estimate of drug-likeness (QED) is 0.0882. The zero-order chi connectivity index (χ0) is 41.6. The van der Waals surface area contributed by atoms with Crippen molar-refractivity contribution in [3.05, 3.63) is 70.9 Å². The van der Waals surface area contributed by atoms with E-state index in [-0.39, 0.29) is 37.8 Å². The SMILES string of the molecule is CC(=O)N1Cc2cccc(CN(N)/C=C/CO)c2C1.CN.COc1ccc(CNC(=O)C(=O)C2CC(F)(F)CN2C(=O)CNC(=O)C2CCC(=O)N2)cc1OC. The van der Waals surface area contributed by atoms with Crippen molar-refractivity contribution in [2.24, 2.45) is 11.6 Å². The largest absolute Gasteiger partial charge is 0.493 e. The van der Waals surface area contributed by atoms with Gasteiger partial charge < -0.3 is 51.1 Å². The lowest BCUT2D eigenvalue weighted by Crippen LogP contribution is -2.51. The summed E-state index contributed by atoms with van der Waals surface area (Å²) in [7, 11) is 4.39. The standard InChI is InChI=1S/C22H26F2N4O7.C14H19N3O2.CH5N/c1-34-15-5-3-12(7-16(15)35-2)9-25-21(33)19(31)14-8-22(23,24)11-28(14)18(30)10-26-20(32)13-4-6-17(29)27-13;1-11(19)16-8-12-4-2-5-13(14(12)10-16)9-17(15)6-3-7-18;1-2/h3,5,7,13-14H,4,6,8-11H2,1-2H3,(H,25,33)(H,26,32)(H,27,29);2-6,18H,7-10,15H2,1H3;2H2,1H3/b;6-3+;. The normalized spacial score (nSPS) is 17.8. The van der Waals surface area contributed by atoms with Crippen LogP contribution in [0.5, 0.6) is 11.5 Å². The predicted molar refractivity (Wildman–Crippen MR) is 198 cm³/mol. The number of Topliss-reactive ketones (excluding diaryl/α,β-unsaturated/α-hetero) is 1. The van der Waals surface area contributed by atoms with Gasteiger partial charge in [-0.25, -0.2) is 14.6 Å². The van der Waals surface area contributed by atoms with Crippen LogP contribution in [0.1, 0.15) is 48.4 Å². The zero-order valence-corrected chi connectivity index (χ0v) is 31.8. The van der Waals surface area contributed by atoms with E-state index in [2.05, 4.69) is 21.7 Å². The average molecular weight is 789 g/mol. The molecule has 2 saturated heterocycles. The molecule has 2 unspecified atom stereocenters. The molecule has 5 rings (SSSR count). The molecule has 5 amide bonds. The lowest BCUT2D eigenvalue weighted by molar-refractivity contribution is -0.144. The fraction of sp³-hybridized carbons (Fsp3) is 0.459. The molecule has 2 aromatic carbocycles. The molecule has 3 aliphatic heterocycles. The zero-order valence-electron chi connectivity index (χ0n) is 31.8. The van der Waals surface area contributed by atoms with Crippen LogP contribution < -0.4 is 37.0 Å². The van der Waals surface area contributed by atoms with Crippen LogP contribution in [0.2, 0.25) is 0 Å². The summed E-state index contributed by atoms with van der Waals surface area (Å²) in [5.74, 6) is -0.780. The molecule has 19 heteroatoms. The highest BCUT2D eigenvalue weighted by molar-refractivity contribution is 6.38. The lowest BCUT2D eigenvalue weighted by atomic mass is 10.0. The van der Waals surface area contributed by atoms with Gasteiger partial charge in [-0.2, -0.15) is 0 Å². The van der Waals surface area contributed by atoms with Crippen LogP contribution in [0, 0.1) is 0 Å². The number of benzene rings is 2. The third-order valence-electron chi connectivity index (χ3n) is 9.02. The van der Waals surface area contributed by atoms with E-state index >= 15 is 0 Å². The number of carbonyl (C=O) groups excluding carboxylic acids is 6. The van der Waals surface area contributed by atoms with Crippen molar-refractivity contribution in [1.82, 2.24) is 30.8 Å². The Kier molecular flexibility index (Phi) is 16.7. The second-order valence-electron chi connectivity index (χ2n) is 12.9. The minimum absolute atomic E-state index is 0.0291. The third kappa shape index (κ3) is 12.2. The summed E-state index contributed by atoms with van der Waals surface area (Å²) < 4.78 is 38.5. The van der Waals surface area contributed by atoms with Crippen molar-refractivity contribution < 1.29 is 52.1 Å². The topological polar surface area (TPSA) is 239 Å². The van der Waals surface area contributed by atoms with E-state index in [0.717, 1.165) is 5.56 Å². The number of ketones is 1. The third-order valence-corrected chi connectivity index (χ3v) is 9.02. The number of rotatable bonds is 13. The molecule has 0 aliphatic carbocycles. The first-order valence-corrected chi connectivity index (χ1v) is 17.6. The summed E-state index contributed by atoms with van der Waals surface area (Å²) in [6, 6.07) is 8.38. The van der Waals surface area contributed by atoms with Gasteiger partial charge in [0.05, 0.1) is 40.5 Å². The highest BCUT2D eigenvalue weighted by atomic mass is 19.3. The van der Waals surface area contributed by atoms with E-state index < -0.39 is 61.0 Å². The van der Waals surface area contributed by atoms with Gasteiger partial charge in [0.15, 0.2) is 11.5 Å². The molecule has 56 heavy (non-hydrogen) atoms. The second-order valence-corrected chi connectivity index (χ2v) is 12.9. The van der Waals surface area contributed by atoms with E-state index in [9.17, 15) is 37.5 Å². The Labute approximate surface area is 323 Å². The number of carbonyl (C=O) groups is 6. The highest BCUT2D eigenvalue weighted by Crippen LogP contribution is 2.33. The summed E-state index contributed by atoms with van der Waals surface area (Å²) in [6.07, 6.45) is 2.65. The van der Waals surface area contributed by atoms with E-state index in [1.807, 2.05) is 23.1 Å². The lowest BCUT2D eigenvalue weighted by Gasteiger charge is -2.23. The van der Waals surface area contributed by atoms with Crippen LogP contribution in [-0.2, 0) is 54.9 Å². The molecule has 0 aromatic heterocycles. The molecular weight excluding hydrogens is 738 g/mol. The van der Waals surface area contributed by atoms with Crippen molar-refractivity contribution >= 4 is 35.3 Å². The minimum Gasteiger partial charge on any atom is -0.493 e. The molecular formula is C37H50F2N8O9. The highest BCUT2D eigenvalue weighted by Gasteiger charge is 2.51. The van der Waals surface area contributed by atoms with Gasteiger partial charge in [0.2, 0.25) is 29.4 Å². The van der Waals surface area contributed by atoms with Gasteiger partial charge in [0.1, 0.15) is 12.1 Å². The van der Waals surface area contributed by atoms with E-state index in [1.54, 1.807) is 37.4 Å². The molecule has 0 spiro atoms. The number of likely N-dealkylation sites (tertiary alicyclic amines) is 1. The van der Waals surface area contributed by atoms with Crippen molar-refractivity contribution in [1.29, 1.82) is 0 Å². The fourth-order valence-corrected chi connectivity index (χ4v) is 6.22. The first-order chi connectivity index (χ1) is 26.7. The van der Waals surface area contributed by atoms with Crippen molar-refractivity contribution in [2.75, 3.05) is 41.0 Å². The molecule has 3 aliphatic rings. The number of methoxy groups -OCH3 is 2. The van der Waals surface area contributed by atoms with Gasteiger partial charge in [0, 0.05) is 45.6 Å². The van der Waals surface area contributed by atoms with Crippen molar-refractivity contribution in [2.45, 2.75) is 70.4 Å². The molecule has 2 atom stereocenters. The van der Waals surface area contributed by atoms with Gasteiger partial charge in [-0.15, -0.1) is 0 Å². The first kappa shape index (κ1) is 44.7. The monoisotopic (exact) mass is 788 g/mol. The van der Waals surface area contributed by atoms with Crippen LogP contribution in [0.3, 0.4) is 0 Å². The number of alkyl halides is 2. The molecule has 0 radical (unpaired) electrons. The van der Waals surface area contributed by atoms with Gasteiger partial charge in [-0.05, 0) is 53.9 Å². The van der Waals surface area contributed by atoms with E-state index in [0.29, 0.717) is 41.6 Å². The Bertz CT molecular complexity index is 1780. The summed E-state index contributed by atoms with van der Waals surface area (Å²) in [5, 5.41) is 17.3. The molecule has 306 valence electrons. The van der Waals surface area contributed by atoms with Crippen molar-refractivity contribution in [3.63, 3.8) is 0 Å². The first-order valence-electron chi connectivity index (χ1n) is 17.6. The number of aliphatic hydroxyl groups is 1. The molecule has 17 nitrogen and oxygen atoms in total. The number of halogens is 2. The van der Waals surface area contributed by atoms with E-state index in [4.69, 9.17) is 20.4 Å². The molecule has 3 heterocycles. The summed E-state index contributed by atoms with van der Waals surface area (Å²) in [6.45, 7) is 1.65. The number of hydrogen-bond acceptors (Lipinski definition) is 12. The van der Waals surface area contributed by atoms with Gasteiger partial charge in [-0.1, -0.05) is 24.3 Å². The molecule has 8 N–H and O–H groups in total. The smallest absolute Gasteiger partial charge is 0.289 e. The number of ether oxygens (including phenoxy) is 2. The molecule has 0 bridgehead atoms. The predicted octanol–water partition coefficient (Wildman–Crippen LogP) is -0.175. The Hall–Kier alpha value is -5.66. The number of amides is 5. The van der Waals surface area contributed by atoms with Crippen molar-refractivity contribution in [3.8, 4) is 11.5 Å². The maximum atomic E-state index is 14.1. The Morgan fingerprint density at radius 3 is 2.41 bits per heavy atom. The van der Waals surface area contributed by atoms with Crippen LogP contribution >= 0.6 is 0 Å². The van der Waals surface area contributed by atoms with Crippen LogP contribution in [0.25, 0.3) is 0 Å². The number of nitrogens with two attached hydrogens (primary N) is 2. The number of aliphatic hydroxyl groups excluding tert-OH is 1. The van der Waals surface area contributed by atoms with Gasteiger partial charge >= 0.3 is 0 Å². The number of hydrazine groups is 1.